The lowest BCUT2D eigenvalue weighted by atomic mass is 10.2. The van der Waals surface area contributed by atoms with Crippen molar-refractivity contribution in [2.75, 3.05) is 24.3 Å². The normalized spacial score (nSPS) is 12.5. The van der Waals surface area contributed by atoms with E-state index in [1.807, 2.05) is 49.6 Å². The lowest BCUT2D eigenvalue weighted by molar-refractivity contribution is -0.113. The molecule has 0 fully saturated rings. The molecule has 1 aliphatic heterocycles. The van der Waals surface area contributed by atoms with Crippen molar-refractivity contribution >= 4 is 23.4 Å². The predicted molar refractivity (Wildman–Crippen MR) is 131 cm³/mol. The minimum absolute atomic E-state index is 0.125. The topological polar surface area (TPSA) is 83.2 Å². The SMILES string of the molecule is Cn1cccc1Cc1nnc(SCC(=O)Nc2ccc3c(c2)OCCO3)n1Cc1ccccc1. The van der Waals surface area contributed by atoms with E-state index in [2.05, 4.69) is 42.8 Å². The summed E-state index contributed by atoms with van der Waals surface area (Å²) in [5, 5.41) is 12.5. The third-order valence-electron chi connectivity index (χ3n) is 5.53. The van der Waals surface area contributed by atoms with Crippen LogP contribution in [0, 0.1) is 0 Å². The van der Waals surface area contributed by atoms with E-state index in [0.717, 1.165) is 17.1 Å². The smallest absolute Gasteiger partial charge is 0.234 e. The molecule has 8 nitrogen and oxygen atoms in total. The maximum absolute atomic E-state index is 12.7. The van der Waals surface area contributed by atoms with Gasteiger partial charge in [-0.1, -0.05) is 42.1 Å². The van der Waals surface area contributed by atoms with Gasteiger partial charge in [-0.2, -0.15) is 0 Å². The molecule has 2 aromatic carbocycles. The summed E-state index contributed by atoms with van der Waals surface area (Å²) in [5.41, 5.74) is 2.97. The maximum atomic E-state index is 12.7. The molecule has 0 saturated heterocycles. The van der Waals surface area contributed by atoms with Gasteiger partial charge in [0.1, 0.15) is 19.0 Å². The van der Waals surface area contributed by atoms with Crippen LogP contribution in [0.1, 0.15) is 17.1 Å². The fraction of sp³-hybridized carbons (Fsp3) is 0.240. The fourth-order valence-corrected chi connectivity index (χ4v) is 4.53. The molecule has 0 spiro atoms. The van der Waals surface area contributed by atoms with Gasteiger partial charge in [-0.05, 0) is 29.8 Å². The van der Waals surface area contributed by atoms with Gasteiger partial charge in [0, 0.05) is 37.1 Å². The molecule has 9 heteroatoms. The van der Waals surface area contributed by atoms with Crippen LogP contribution in [0.4, 0.5) is 5.69 Å². The lowest BCUT2D eigenvalue weighted by Gasteiger charge is -2.19. The van der Waals surface area contributed by atoms with E-state index in [-0.39, 0.29) is 11.7 Å². The molecule has 0 bridgehead atoms. The van der Waals surface area contributed by atoms with Gasteiger partial charge >= 0.3 is 0 Å². The largest absolute Gasteiger partial charge is 0.486 e. The van der Waals surface area contributed by atoms with Gasteiger partial charge in [0.2, 0.25) is 5.91 Å². The number of aromatic nitrogens is 4. The Morgan fingerprint density at radius 2 is 1.85 bits per heavy atom. The Balaban J connectivity index is 1.29. The number of fused-ring (bicyclic) bond motifs is 1. The standard InChI is InChI=1S/C25H25N5O3S/c1-29-11-5-8-20(29)15-23-27-28-25(30(23)16-18-6-3-2-4-7-18)34-17-24(31)26-19-9-10-21-22(14-19)33-13-12-32-21/h2-11,14H,12-13,15-17H2,1H3,(H,26,31). The highest BCUT2D eigenvalue weighted by molar-refractivity contribution is 7.99. The fourth-order valence-electron chi connectivity index (χ4n) is 3.77. The molecule has 0 atom stereocenters. The van der Waals surface area contributed by atoms with Crippen LogP contribution in [0.25, 0.3) is 0 Å². The first-order valence-corrected chi connectivity index (χ1v) is 12.0. The number of ether oxygens (including phenoxy) is 2. The molecule has 174 valence electrons. The molecular formula is C25H25N5O3S. The second kappa shape index (κ2) is 10.0. The summed E-state index contributed by atoms with van der Waals surface area (Å²) in [7, 11) is 2.02. The number of nitrogens with zero attached hydrogens (tertiary/aromatic N) is 4. The van der Waals surface area contributed by atoms with Gasteiger partial charge in [-0.25, -0.2) is 0 Å². The summed E-state index contributed by atoms with van der Waals surface area (Å²) in [6.07, 6.45) is 2.68. The minimum atomic E-state index is -0.125. The molecule has 0 unspecified atom stereocenters. The zero-order valence-electron chi connectivity index (χ0n) is 18.8. The number of aryl methyl sites for hydroxylation is 1. The Hall–Kier alpha value is -3.72. The quantitative estimate of drug-likeness (QED) is 0.391. The maximum Gasteiger partial charge on any atom is 0.234 e. The van der Waals surface area contributed by atoms with Crippen LogP contribution in [-0.2, 0) is 24.8 Å². The number of hydrogen-bond donors (Lipinski definition) is 1. The Morgan fingerprint density at radius 1 is 1.03 bits per heavy atom. The van der Waals surface area contributed by atoms with Gasteiger partial charge < -0.3 is 23.9 Å². The molecule has 1 N–H and O–H groups in total. The molecule has 1 aliphatic rings. The molecular weight excluding hydrogens is 450 g/mol. The Morgan fingerprint density at radius 3 is 2.65 bits per heavy atom. The zero-order chi connectivity index (χ0) is 23.3. The Bertz CT molecular complexity index is 1280. The van der Waals surface area contributed by atoms with Crippen molar-refractivity contribution in [3.05, 3.63) is 83.9 Å². The molecule has 5 rings (SSSR count). The van der Waals surface area contributed by atoms with Crippen molar-refractivity contribution in [3.8, 4) is 11.5 Å². The number of carbonyl (C=O) groups excluding carboxylic acids is 1. The van der Waals surface area contributed by atoms with E-state index in [1.54, 1.807) is 6.07 Å². The van der Waals surface area contributed by atoms with Gasteiger partial charge in [0.25, 0.3) is 0 Å². The van der Waals surface area contributed by atoms with Gasteiger partial charge in [-0.15, -0.1) is 10.2 Å². The number of anilines is 1. The molecule has 0 radical (unpaired) electrons. The third-order valence-corrected chi connectivity index (χ3v) is 6.49. The van der Waals surface area contributed by atoms with E-state index in [4.69, 9.17) is 9.47 Å². The molecule has 0 saturated carbocycles. The highest BCUT2D eigenvalue weighted by Gasteiger charge is 2.17. The van der Waals surface area contributed by atoms with Crippen molar-refractivity contribution in [1.82, 2.24) is 19.3 Å². The second-order valence-electron chi connectivity index (χ2n) is 7.95. The van der Waals surface area contributed by atoms with E-state index in [1.165, 1.54) is 11.8 Å². The third kappa shape index (κ3) is 5.09. The zero-order valence-corrected chi connectivity index (χ0v) is 19.6. The van der Waals surface area contributed by atoms with Crippen molar-refractivity contribution in [2.45, 2.75) is 18.1 Å². The highest BCUT2D eigenvalue weighted by atomic mass is 32.2. The van der Waals surface area contributed by atoms with E-state index in [9.17, 15) is 4.79 Å². The average molecular weight is 476 g/mol. The number of amides is 1. The number of nitrogens with one attached hydrogen (secondary N) is 1. The number of thioether (sulfide) groups is 1. The average Bonchev–Trinajstić information content (AvgIpc) is 3.44. The molecule has 4 aromatic rings. The molecule has 0 aliphatic carbocycles. The van der Waals surface area contributed by atoms with Crippen LogP contribution < -0.4 is 14.8 Å². The van der Waals surface area contributed by atoms with E-state index < -0.39 is 0 Å². The highest BCUT2D eigenvalue weighted by Crippen LogP contribution is 2.32. The van der Waals surface area contributed by atoms with Crippen molar-refractivity contribution < 1.29 is 14.3 Å². The monoisotopic (exact) mass is 475 g/mol. The summed E-state index contributed by atoms with van der Waals surface area (Å²) in [6.45, 7) is 1.67. The van der Waals surface area contributed by atoms with E-state index >= 15 is 0 Å². The van der Waals surface area contributed by atoms with Gasteiger partial charge in [-0.3, -0.25) is 4.79 Å². The first-order valence-electron chi connectivity index (χ1n) is 11.0. The summed E-state index contributed by atoms with van der Waals surface area (Å²) < 4.78 is 15.3. The van der Waals surface area contributed by atoms with Crippen LogP contribution in [0.15, 0.2) is 72.0 Å². The first kappa shape index (κ1) is 22.1. The minimum Gasteiger partial charge on any atom is -0.486 e. The number of hydrogen-bond acceptors (Lipinski definition) is 6. The summed E-state index contributed by atoms with van der Waals surface area (Å²) in [6, 6.07) is 19.7. The summed E-state index contributed by atoms with van der Waals surface area (Å²) in [5.74, 6) is 2.29. The van der Waals surface area contributed by atoms with Crippen LogP contribution in [0.3, 0.4) is 0 Å². The summed E-state index contributed by atoms with van der Waals surface area (Å²) >= 11 is 1.37. The first-order chi connectivity index (χ1) is 16.7. The Labute approximate surface area is 201 Å². The lowest BCUT2D eigenvalue weighted by Crippen LogP contribution is -2.17. The van der Waals surface area contributed by atoms with Gasteiger partial charge in [0.15, 0.2) is 16.7 Å². The molecule has 2 aromatic heterocycles. The van der Waals surface area contributed by atoms with Crippen LogP contribution in [0.2, 0.25) is 0 Å². The van der Waals surface area contributed by atoms with Crippen LogP contribution >= 0.6 is 11.8 Å². The molecule has 34 heavy (non-hydrogen) atoms. The van der Waals surface area contributed by atoms with Gasteiger partial charge in [0.05, 0.1) is 12.3 Å². The van der Waals surface area contributed by atoms with Crippen LogP contribution in [0.5, 0.6) is 11.5 Å². The number of carbonyl (C=O) groups is 1. The molecule has 1 amide bonds. The van der Waals surface area contributed by atoms with E-state index in [0.29, 0.717) is 48.5 Å². The van der Waals surface area contributed by atoms with Crippen LogP contribution in [-0.4, -0.2) is 44.2 Å². The Kier molecular flexibility index (Phi) is 6.53. The number of rotatable bonds is 8. The number of benzene rings is 2. The van der Waals surface area contributed by atoms with Crippen molar-refractivity contribution in [1.29, 1.82) is 0 Å². The van der Waals surface area contributed by atoms with Crippen molar-refractivity contribution in [2.24, 2.45) is 7.05 Å². The predicted octanol–water partition coefficient (Wildman–Crippen LogP) is 3.76. The summed E-state index contributed by atoms with van der Waals surface area (Å²) in [4.78, 5) is 12.7. The van der Waals surface area contributed by atoms with Crippen molar-refractivity contribution in [3.63, 3.8) is 0 Å². The molecule has 3 heterocycles. The second-order valence-corrected chi connectivity index (χ2v) is 8.90.